The molecule has 0 saturated carbocycles. The van der Waals surface area contributed by atoms with E-state index in [0.717, 1.165) is 16.5 Å². The van der Waals surface area contributed by atoms with Crippen LogP contribution in [0, 0.1) is 0 Å². The molecule has 20 heavy (non-hydrogen) atoms. The monoisotopic (exact) mass is 286 g/mol. The molecule has 0 spiro atoms. The number of aromatic nitrogens is 2. The smallest absolute Gasteiger partial charge is 0.170 e. The zero-order valence-corrected chi connectivity index (χ0v) is 11.1. The van der Waals surface area contributed by atoms with Crippen LogP contribution in [0.4, 0.5) is 0 Å². The maximum absolute atomic E-state index is 8.87. The van der Waals surface area contributed by atoms with Gasteiger partial charge in [0, 0.05) is 17.1 Å². The van der Waals surface area contributed by atoms with E-state index in [1.807, 2.05) is 30.3 Å². The van der Waals surface area contributed by atoms with Crippen molar-refractivity contribution >= 4 is 28.2 Å². The molecule has 0 aliphatic carbocycles. The van der Waals surface area contributed by atoms with Gasteiger partial charge in [0.1, 0.15) is 0 Å². The van der Waals surface area contributed by atoms with Gasteiger partial charge in [0.15, 0.2) is 5.84 Å². The molecule has 100 valence electrons. The normalized spacial score (nSPS) is 11.9. The van der Waals surface area contributed by atoms with Crippen LogP contribution in [0.5, 0.6) is 0 Å². The molecule has 0 unspecified atom stereocenters. The molecule has 6 heteroatoms. The van der Waals surface area contributed by atoms with Gasteiger partial charge in [0.2, 0.25) is 0 Å². The van der Waals surface area contributed by atoms with Crippen LogP contribution in [0.25, 0.3) is 16.5 Å². The van der Waals surface area contributed by atoms with Crippen molar-refractivity contribution in [3.05, 3.63) is 59.4 Å². The fourth-order valence-electron chi connectivity index (χ4n) is 2.19. The molecule has 0 radical (unpaired) electrons. The van der Waals surface area contributed by atoms with Crippen molar-refractivity contribution in [1.29, 1.82) is 0 Å². The number of fused-ring (bicyclic) bond motifs is 1. The van der Waals surface area contributed by atoms with Gasteiger partial charge >= 0.3 is 0 Å². The zero-order valence-electron chi connectivity index (χ0n) is 10.4. The molecule has 0 bridgehead atoms. The van der Waals surface area contributed by atoms with E-state index < -0.39 is 0 Å². The third-order valence-corrected chi connectivity index (χ3v) is 3.28. The van der Waals surface area contributed by atoms with Crippen molar-refractivity contribution < 1.29 is 5.21 Å². The van der Waals surface area contributed by atoms with Crippen LogP contribution in [0.3, 0.4) is 0 Å². The molecule has 3 N–H and O–H groups in total. The zero-order chi connectivity index (χ0) is 14.1. The molecule has 0 aliphatic heterocycles. The average molecular weight is 287 g/mol. The van der Waals surface area contributed by atoms with Gasteiger partial charge in [-0.15, -0.1) is 0 Å². The Morgan fingerprint density at radius 1 is 1.20 bits per heavy atom. The van der Waals surface area contributed by atoms with Crippen LogP contribution >= 0.6 is 11.6 Å². The molecular formula is C14H11ClN4O. The van der Waals surface area contributed by atoms with E-state index in [2.05, 4.69) is 10.3 Å². The topological polar surface area (TPSA) is 76.4 Å². The Morgan fingerprint density at radius 2 is 1.95 bits per heavy atom. The summed E-state index contributed by atoms with van der Waals surface area (Å²) in [4.78, 5) is 0. The van der Waals surface area contributed by atoms with Gasteiger partial charge in [-0.25, -0.2) is 4.68 Å². The molecule has 3 aromatic rings. The van der Waals surface area contributed by atoms with Crippen LogP contribution < -0.4 is 5.73 Å². The molecule has 1 heterocycles. The van der Waals surface area contributed by atoms with E-state index in [-0.39, 0.29) is 5.84 Å². The number of hydrogen-bond acceptors (Lipinski definition) is 3. The summed E-state index contributed by atoms with van der Waals surface area (Å²) in [5, 5.41) is 18.5. The molecule has 0 atom stereocenters. The summed E-state index contributed by atoms with van der Waals surface area (Å²) in [5.74, 6) is 0.0752. The number of rotatable bonds is 2. The summed E-state index contributed by atoms with van der Waals surface area (Å²) in [6.45, 7) is 0. The van der Waals surface area contributed by atoms with E-state index in [1.54, 1.807) is 23.1 Å². The molecule has 0 aliphatic rings. The van der Waals surface area contributed by atoms with Crippen molar-refractivity contribution in [3.8, 4) is 5.69 Å². The van der Waals surface area contributed by atoms with Crippen LogP contribution in [0.2, 0.25) is 5.02 Å². The predicted octanol–water partition coefficient (Wildman–Crippen LogP) is 2.77. The first kappa shape index (κ1) is 12.5. The first-order chi connectivity index (χ1) is 9.70. The maximum Gasteiger partial charge on any atom is 0.170 e. The van der Waals surface area contributed by atoms with Gasteiger partial charge in [-0.1, -0.05) is 41.0 Å². The number of hydrogen-bond donors (Lipinski definition) is 2. The number of oxime groups is 1. The number of halogens is 1. The number of nitrogens with zero attached hydrogens (tertiary/aromatic N) is 3. The molecule has 5 nitrogen and oxygen atoms in total. The van der Waals surface area contributed by atoms with Crippen LogP contribution in [-0.4, -0.2) is 20.8 Å². The van der Waals surface area contributed by atoms with Crippen molar-refractivity contribution in [1.82, 2.24) is 9.78 Å². The average Bonchev–Trinajstić information content (AvgIpc) is 2.91. The summed E-state index contributed by atoms with van der Waals surface area (Å²) < 4.78 is 1.70. The van der Waals surface area contributed by atoms with Crippen LogP contribution in [0.1, 0.15) is 5.56 Å². The number of amidine groups is 1. The second-order valence-corrected chi connectivity index (χ2v) is 4.70. The number of benzene rings is 2. The lowest BCUT2D eigenvalue weighted by atomic mass is 10.0. The standard InChI is InChI=1S/C14H11ClN4O/c15-9-7-17-19(8-9)13-6-5-12(14(16)18-20)10-3-1-2-4-11(10)13/h1-8,20H,(H2,16,18). The Labute approximate surface area is 119 Å². The number of nitrogens with two attached hydrogens (primary N) is 1. The molecule has 0 fully saturated rings. The third kappa shape index (κ3) is 1.98. The van der Waals surface area contributed by atoms with Crippen molar-refractivity contribution in [2.75, 3.05) is 0 Å². The predicted molar refractivity (Wildman–Crippen MR) is 78.6 cm³/mol. The maximum atomic E-state index is 8.87. The van der Waals surface area contributed by atoms with Crippen LogP contribution in [-0.2, 0) is 0 Å². The Bertz CT molecular complexity index is 810. The minimum atomic E-state index is 0.0752. The minimum Gasteiger partial charge on any atom is -0.409 e. The van der Waals surface area contributed by atoms with Gasteiger partial charge in [0.25, 0.3) is 0 Å². The van der Waals surface area contributed by atoms with E-state index in [1.165, 1.54) is 0 Å². The molecular weight excluding hydrogens is 276 g/mol. The quantitative estimate of drug-likeness (QED) is 0.329. The first-order valence-corrected chi connectivity index (χ1v) is 6.28. The Balaban J connectivity index is 2.32. The fourth-order valence-corrected chi connectivity index (χ4v) is 2.33. The highest BCUT2D eigenvalue weighted by Crippen LogP contribution is 2.26. The summed E-state index contributed by atoms with van der Waals surface area (Å²) in [5.41, 5.74) is 7.26. The highest BCUT2D eigenvalue weighted by Gasteiger charge is 2.10. The Hall–Kier alpha value is -2.53. The second-order valence-electron chi connectivity index (χ2n) is 4.27. The van der Waals surface area contributed by atoms with Gasteiger partial charge in [0.05, 0.1) is 16.9 Å². The molecule has 1 aromatic heterocycles. The summed E-state index contributed by atoms with van der Waals surface area (Å²) in [6, 6.07) is 11.3. The highest BCUT2D eigenvalue weighted by molar-refractivity contribution is 6.30. The first-order valence-electron chi connectivity index (χ1n) is 5.91. The molecule has 0 saturated heterocycles. The van der Waals surface area contributed by atoms with Crippen molar-refractivity contribution in [2.45, 2.75) is 0 Å². The molecule has 2 aromatic carbocycles. The summed E-state index contributed by atoms with van der Waals surface area (Å²) in [7, 11) is 0. The van der Waals surface area contributed by atoms with E-state index >= 15 is 0 Å². The van der Waals surface area contributed by atoms with Gasteiger partial charge < -0.3 is 10.9 Å². The molecule has 3 rings (SSSR count). The van der Waals surface area contributed by atoms with E-state index in [4.69, 9.17) is 22.5 Å². The van der Waals surface area contributed by atoms with E-state index in [9.17, 15) is 0 Å². The SMILES string of the molecule is N/C(=N/O)c1ccc(-n2cc(Cl)cn2)c2ccccc12. The Morgan fingerprint density at radius 3 is 2.60 bits per heavy atom. The second kappa shape index (κ2) is 4.86. The van der Waals surface area contributed by atoms with Gasteiger partial charge in [-0.3, -0.25) is 0 Å². The fraction of sp³-hybridized carbons (Fsp3) is 0. The summed E-state index contributed by atoms with van der Waals surface area (Å²) in [6.07, 6.45) is 3.31. The Kier molecular flexibility index (Phi) is 3.04. The summed E-state index contributed by atoms with van der Waals surface area (Å²) >= 11 is 5.91. The van der Waals surface area contributed by atoms with Crippen molar-refractivity contribution in [3.63, 3.8) is 0 Å². The lowest BCUT2D eigenvalue weighted by Crippen LogP contribution is -2.14. The van der Waals surface area contributed by atoms with Gasteiger partial charge in [-0.2, -0.15) is 5.10 Å². The van der Waals surface area contributed by atoms with Gasteiger partial charge in [-0.05, 0) is 17.5 Å². The minimum absolute atomic E-state index is 0.0752. The molecule has 0 amide bonds. The third-order valence-electron chi connectivity index (χ3n) is 3.08. The lowest BCUT2D eigenvalue weighted by Gasteiger charge is -2.10. The highest BCUT2D eigenvalue weighted by atomic mass is 35.5. The van der Waals surface area contributed by atoms with E-state index in [0.29, 0.717) is 10.6 Å². The van der Waals surface area contributed by atoms with Crippen LogP contribution in [0.15, 0.2) is 53.9 Å². The largest absolute Gasteiger partial charge is 0.409 e. The van der Waals surface area contributed by atoms with Crippen molar-refractivity contribution in [2.24, 2.45) is 10.9 Å². The lowest BCUT2D eigenvalue weighted by molar-refractivity contribution is 0.318.